The van der Waals surface area contributed by atoms with E-state index < -0.39 is 0 Å². The van der Waals surface area contributed by atoms with Gasteiger partial charge in [0.05, 0.1) is 0 Å². The zero-order chi connectivity index (χ0) is 12.6. The van der Waals surface area contributed by atoms with E-state index >= 15 is 0 Å². The highest BCUT2D eigenvalue weighted by Gasteiger charge is 2.15. The van der Waals surface area contributed by atoms with E-state index in [2.05, 4.69) is 34.3 Å². The largest absolute Gasteiger partial charge is 0.320 e. The lowest BCUT2D eigenvalue weighted by molar-refractivity contribution is -0.129. The monoisotopic (exact) mass is 225 g/mol. The van der Waals surface area contributed by atoms with E-state index in [0.29, 0.717) is 6.42 Å². The number of rotatable bonds is 7. The molecule has 0 radical (unpaired) electrons. The van der Waals surface area contributed by atoms with Crippen LogP contribution in [0.15, 0.2) is 12.8 Å². The van der Waals surface area contributed by atoms with Crippen LogP contribution in [0, 0.1) is 5.41 Å². The maximum Gasteiger partial charge on any atom is 0.226 e. The molecular formula is C14H27NO. The third kappa shape index (κ3) is 7.49. The summed E-state index contributed by atoms with van der Waals surface area (Å²) >= 11 is 0. The first-order valence-corrected chi connectivity index (χ1v) is 6.32. The van der Waals surface area contributed by atoms with Crippen molar-refractivity contribution in [2.24, 2.45) is 5.41 Å². The van der Waals surface area contributed by atoms with Gasteiger partial charge in [-0.2, -0.15) is 0 Å². The topological polar surface area (TPSA) is 20.3 Å². The van der Waals surface area contributed by atoms with Gasteiger partial charge in [-0.3, -0.25) is 4.79 Å². The van der Waals surface area contributed by atoms with E-state index in [-0.39, 0.29) is 11.3 Å². The molecule has 0 unspecified atom stereocenters. The van der Waals surface area contributed by atoms with Crippen molar-refractivity contribution in [3.05, 3.63) is 12.8 Å². The van der Waals surface area contributed by atoms with E-state index in [1.807, 2.05) is 0 Å². The van der Waals surface area contributed by atoms with E-state index in [1.165, 1.54) is 12.8 Å². The van der Waals surface area contributed by atoms with Crippen molar-refractivity contribution < 1.29 is 4.79 Å². The molecule has 0 saturated carbocycles. The second-order valence-corrected chi connectivity index (χ2v) is 5.54. The van der Waals surface area contributed by atoms with Gasteiger partial charge in [0.25, 0.3) is 0 Å². The van der Waals surface area contributed by atoms with Crippen LogP contribution < -0.4 is 0 Å². The summed E-state index contributed by atoms with van der Waals surface area (Å²) in [5.41, 5.74) is 0.228. The minimum Gasteiger partial charge on any atom is -0.320 e. The molecule has 0 spiro atoms. The zero-order valence-corrected chi connectivity index (χ0v) is 11.4. The molecule has 2 heteroatoms. The molecule has 0 atom stereocenters. The van der Waals surface area contributed by atoms with Crippen molar-refractivity contribution in [2.45, 2.75) is 59.8 Å². The number of carbonyl (C=O) groups excluding carboxylic acids is 1. The Balaban J connectivity index is 3.96. The van der Waals surface area contributed by atoms with Crippen LogP contribution in [0.3, 0.4) is 0 Å². The van der Waals surface area contributed by atoms with Gasteiger partial charge in [0.1, 0.15) is 0 Å². The van der Waals surface area contributed by atoms with E-state index in [0.717, 1.165) is 19.4 Å². The average Bonchev–Trinajstić information content (AvgIpc) is 2.20. The smallest absolute Gasteiger partial charge is 0.226 e. The minimum atomic E-state index is 0.209. The summed E-state index contributed by atoms with van der Waals surface area (Å²) in [5.74, 6) is 0.209. The van der Waals surface area contributed by atoms with Gasteiger partial charge in [0, 0.05) is 13.0 Å². The third-order valence-corrected chi connectivity index (χ3v) is 2.63. The first-order valence-electron chi connectivity index (χ1n) is 6.32. The molecule has 0 aromatic rings. The normalized spacial score (nSPS) is 11.2. The van der Waals surface area contributed by atoms with Gasteiger partial charge in [-0.05, 0) is 24.5 Å². The molecule has 0 aromatic carbocycles. The fraction of sp³-hybridized carbons (Fsp3) is 0.786. The predicted molar refractivity (Wildman–Crippen MR) is 70.1 cm³/mol. The first kappa shape index (κ1) is 15.2. The van der Waals surface area contributed by atoms with Crippen molar-refractivity contribution >= 4 is 5.91 Å². The Hall–Kier alpha value is -0.790. The van der Waals surface area contributed by atoms with Gasteiger partial charge in [-0.15, -0.1) is 0 Å². The third-order valence-electron chi connectivity index (χ3n) is 2.63. The summed E-state index contributed by atoms with van der Waals surface area (Å²) < 4.78 is 0. The van der Waals surface area contributed by atoms with Gasteiger partial charge >= 0.3 is 0 Å². The lowest BCUT2D eigenvalue weighted by Crippen LogP contribution is -2.27. The van der Waals surface area contributed by atoms with Crippen molar-refractivity contribution in [3.63, 3.8) is 0 Å². The highest BCUT2D eigenvalue weighted by atomic mass is 16.2. The molecule has 16 heavy (non-hydrogen) atoms. The van der Waals surface area contributed by atoms with Gasteiger partial charge < -0.3 is 4.90 Å². The van der Waals surface area contributed by atoms with Crippen LogP contribution in [0.25, 0.3) is 0 Å². The van der Waals surface area contributed by atoms with Crippen molar-refractivity contribution in [1.82, 2.24) is 4.90 Å². The first-order chi connectivity index (χ1) is 7.40. The number of hydrogen-bond acceptors (Lipinski definition) is 1. The Labute approximate surface area is 101 Å². The molecule has 0 saturated heterocycles. The Morgan fingerprint density at radius 2 is 1.94 bits per heavy atom. The predicted octanol–water partition coefficient (Wildman–Crippen LogP) is 3.98. The highest BCUT2D eigenvalue weighted by Crippen LogP contribution is 2.21. The highest BCUT2D eigenvalue weighted by molar-refractivity contribution is 5.77. The molecule has 0 aliphatic heterocycles. The Bertz CT molecular complexity index is 215. The summed E-state index contributed by atoms with van der Waals surface area (Å²) in [7, 11) is 0. The van der Waals surface area contributed by atoms with Crippen molar-refractivity contribution in [3.8, 4) is 0 Å². The molecule has 0 rings (SSSR count). The fourth-order valence-electron chi connectivity index (χ4n) is 1.48. The summed E-state index contributed by atoms with van der Waals surface area (Å²) in [6, 6.07) is 0. The van der Waals surface area contributed by atoms with Crippen LogP contribution in [0.5, 0.6) is 0 Å². The number of unbranched alkanes of at least 4 members (excludes halogenated alkanes) is 2. The van der Waals surface area contributed by atoms with E-state index in [9.17, 15) is 4.79 Å². The number of nitrogens with zero attached hydrogens (tertiary/aromatic N) is 1. The standard InChI is InChI=1S/C14H27NO/c1-6-8-9-12-15(7-2)13(16)10-11-14(3,4)5/h7H,2,6,8-12H2,1,3-5H3. The molecule has 0 fully saturated rings. The summed E-state index contributed by atoms with van der Waals surface area (Å²) in [6.45, 7) is 13.2. The molecule has 0 heterocycles. The van der Waals surface area contributed by atoms with Crippen molar-refractivity contribution in [2.75, 3.05) is 6.54 Å². The van der Waals surface area contributed by atoms with E-state index in [1.54, 1.807) is 11.1 Å². The number of amides is 1. The maximum atomic E-state index is 11.9. The summed E-state index contributed by atoms with van der Waals surface area (Å²) in [5, 5.41) is 0. The average molecular weight is 225 g/mol. The quantitative estimate of drug-likeness (QED) is 0.600. The zero-order valence-electron chi connectivity index (χ0n) is 11.4. The summed E-state index contributed by atoms with van der Waals surface area (Å²) in [4.78, 5) is 13.6. The molecule has 94 valence electrons. The molecular weight excluding hydrogens is 198 g/mol. The fourth-order valence-corrected chi connectivity index (χ4v) is 1.48. The van der Waals surface area contributed by atoms with Gasteiger partial charge in [0.15, 0.2) is 0 Å². The Morgan fingerprint density at radius 1 is 1.31 bits per heavy atom. The van der Waals surface area contributed by atoms with Crippen LogP contribution in [-0.2, 0) is 4.79 Å². The van der Waals surface area contributed by atoms with Crippen LogP contribution in [-0.4, -0.2) is 17.4 Å². The maximum absolute atomic E-state index is 11.9. The number of hydrogen-bond donors (Lipinski definition) is 0. The van der Waals surface area contributed by atoms with Gasteiger partial charge in [0.2, 0.25) is 5.91 Å². The molecule has 0 bridgehead atoms. The second-order valence-electron chi connectivity index (χ2n) is 5.54. The van der Waals surface area contributed by atoms with Crippen molar-refractivity contribution in [1.29, 1.82) is 0 Å². The SMILES string of the molecule is C=CN(CCCCC)C(=O)CCC(C)(C)C. The lowest BCUT2D eigenvalue weighted by atomic mass is 9.90. The van der Waals surface area contributed by atoms with Crippen LogP contribution in [0.2, 0.25) is 0 Å². The second kappa shape index (κ2) is 7.48. The molecule has 0 aliphatic carbocycles. The van der Waals surface area contributed by atoms with Gasteiger partial charge in [-0.25, -0.2) is 0 Å². The molecule has 0 N–H and O–H groups in total. The Kier molecular flexibility index (Phi) is 7.11. The number of carbonyl (C=O) groups is 1. The lowest BCUT2D eigenvalue weighted by Gasteiger charge is -2.21. The van der Waals surface area contributed by atoms with Crippen LogP contribution in [0.1, 0.15) is 59.8 Å². The van der Waals surface area contributed by atoms with Gasteiger partial charge in [-0.1, -0.05) is 47.1 Å². The Morgan fingerprint density at radius 3 is 2.38 bits per heavy atom. The van der Waals surface area contributed by atoms with Crippen LogP contribution >= 0.6 is 0 Å². The van der Waals surface area contributed by atoms with Crippen LogP contribution in [0.4, 0.5) is 0 Å². The minimum absolute atomic E-state index is 0.209. The van der Waals surface area contributed by atoms with E-state index in [4.69, 9.17) is 0 Å². The summed E-state index contributed by atoms with van der Waals surface area (Å²) in [6.07, 6.45) is 6.66. The molecule has 0 aromatic heterocycles. The molecule has 2 nitrogen and oxygen atoms in total. The molecule has 0 aliphatic rings. The molecule has 1 amide bonds.